The smallest absolute Gasteiger partial charge is 0.267 e. The summed E-state index contributed by atoms with van der Waals surface area (Å²) in [5.41, 5.74) is 7.94. The monoisotopic (exact) mass is 1040 g/mol. The van der Waals surface area contributed by atoms with Gasteiger partial charge < -0.3 is 24.0 Å². The number of nitrogens with two attached hydrogens (primary N) is 1. The van der Waals surface area contributed by atoms with Crippen molar-refractivity contribution in [2.75, 3.05) is 5.73 Å². The van der Waals surface area contributed by atoms with Crippen LogP contribution in [0.5, 0.6) is 23.0 Å². The van der Waals surface area contributed by atoms with Crippen LogP contribution < -0.4 is 15.2 Å². The van der Waals surface area contributed by atoms with Crippen molar-refractivity contribution < 1.29 is 27.1 Å². The number of halogens is 10. The number of anilines is 1. The summed E-state index contributed by atoms with van der Waals surface area (Å²) < 4.78 is 52.9. The Morgan fingerprint density at radius 2 is 1.11 bits per heavy atom. The molecule has 8 rings (SSSR count). The third-order valence-corrected chi connectivity index (χ3v) is 11.3. The van der Waals surface area contributed by atoms with Crippen molar-refractivity contribution in [2.24, 2.45) is 0 Å². The van der Waals surface area contributed by atoms with E-state index in [2.05, 4.69) is 30.4 Å². The Kier molecular flexibility index (Phi) is 15.0. The first kappa shape index (κ1) is 48.0. The fourth-order valence-corrected chi connectivity index (χ4v) is 7.44. The number of aryl methyl sites for hydroxylation is 1. The highest BCUT2D eigenvalue weighted by Crippen LogP contribution is 2.40. The van der Waals surface area contributed by atoms with Crippen molar-refractivity contribution in [3.63, 3.8) is 0 Å². The lowest BCUT2D eigenvalue weighted by Gasteiger charge is -2.12. The number of nitriles is 2. The SMILES string of the molecule is Cc1ccc(-c2nnc(Cc3ccc(Cl)c(Oc4cc(Cl)cc(C#N)c4)c3F)o2)c(Cl)n1.N#Cc1cc(Cl)cc(Oc2c(Cl)ccc(Cc3nnc(-c4nc(Cl)c(Cl)c(N)c4Cl)o3)c2F)c1. The first-order valence-electron chi connectivity index (χ1n) is 18.3. The van der Waals surface area contributed by atoms with Crippen LogP contribution >= 0.6 is 92.8 Å². The Labute approximate surface area is 412 Å². The molecule has 0 saturated heterocycles. The van der Waals surface area contributed by atoms with E-state index < -0.39 is 11.6 Å². The van der Waals surface area contributed by atoms with Gasteiger partial charge in [0.1, 0.15) is 27.4 Å². The number of nitrogens with zero attached hydrogens (tertiary/aromatic N) is 8. The van der Waals surface area contributed by atoms with E-state index in [1.165, 1.54) is 60.7 Å². The van der Waals surface area contributed by atoms with Gasteiger partial charge in [0.2, 0.25) is 11.8 Å². The molecule has 332 valence electrons. The largest absolute Gasteiger partial charge is 0.453 e. The van der Waals surface area contributed by atoms with Crippen LogP contribution in [0, 0.1) is 41.2 Å². The molecule has 4 heterocycles. The van der Waals surface area contributed by atoms with Gasteiger partial charge in [0, 0.05) is 26.9 Å². The molecule has 0 saturated carbocycles. The molecule has 8 aromatic rings. The lowest BCUT2D eigenvalue weighted by molar-refractivity contribution is 0.437. The van der Waals surface area contributed by atoms with Crippen LogP contribution in [-0.2, 0) is 12.8 Å². The number of aromatic nitrogens is 6. The summed E-state index contributed by atoms with van der Waals surface area (Å²) in [6.45, 7) is 1.81. The first-order valence-corrected chi connectivity index (χ1v) is 21.3. The molecule has 2 N–H and O–H groups in total. The van der Waals surface area contributed by atoms with Crippen molar-refractivity contribution >= 4 is 98.5 Å². The summed E-state index contributed by atoms with van der Waals surface area (Å²) in [5, 5.41) is 34.6. The Hall–Kier alpha value is -5.98. The summed E-state index contributed by atoms with van der Waals surface area (Å²) in [6.07, 6.45) is -0.123. The highest BCUT2D eigenvalue weighted by Gasteiger charge is 2.23. The fraction of sp³-hybridized carbons (Fsp3) is 0.0698. The third kappa shape index (κ3) is 11.0. The van der Waals surface area contributed by atoms with Gasteiger partial charge in [0.25, 0.3) is 11.8 Å². The molecule has 0 spiro atoms. The second-order valence-corrected chi connectivity index (χ2v) is 16.6. The predicted octanol–water partition coefficient (Wildman–Crippen LogP) is 14.2. The van der Waals surface area contributed by atoms with E-state index in [-0.39, 0.29) is 133 Å². The zero-order valence-corrected chi connectivity index (χ0v) is 39.0. The molecule has 0 atom stereocenters. The minimum Gasteiger partial charge on any atom is -0.453 e. The van der Waals surface area contributed by atoms with E-state index in [9.17, 15) is 0 Å². The number of hydrogen-bond acceptors (Lipinski definition) is 13. The zero-order valence-electron chi connectivity index (χ0n) is 32.9. The summed E-state index contributed by atoms with van der Waals surface area (Å²) in [6, 6.07) is 21.9. The quantitative estimate of drug-likeness (QED) is 0.127. The number of nitrogen functional groups attached to an aromatic ring is 1. The molecule has 66 heavy (non-hydrogen) atoms. The van der Waals surface area contributed by atoms with E-state index in [4.69, 9.17) is 127 Å². The number of rotatable bonds is 10. The molecule has 0 aliphatic heterocycles. The van der Waals surface area contributed by atoms with Gasteiger partial charge in [-0.15, -0.1) is 20.4 Å². The molecule has 0 fully saturated rings. The summed E-state index contributed by atoms with van der Waals surface area (Å²) in [5.74, 6) is -1.32. The van der Waals surface area contributed by atoms with Gasteiger partial charge in [-0.25, -0.2) is 18.7 Å². The second-order valence-electron chi connectivity index (χ2n) is 13.4. The maximum Gasteiger partial charge on any atom is 0.267 e. The highest BCUT2D eigenvalue weighted by molar-refractivity contribution is 6.46. The number of hydrogen-bond donors (Lipinski definition) is 1. The van der Waals surface area contributed by atoms with Crippen LogP contribution in [0.1, 0.15) is 39.7 Å². The minimum atomic E-state index is -0.763. The Balaban J connectivity index is 0.000000197. The molecule has 0 radical (unpaired) electrons. The lowest BCUT2D eigenvalue weighted by Crippen LogP contribution is -1.98. The minimum absolute atomic E-state index is 0.00388. The van der Waals surface area contributed by atoms with Gasteiger partial charge in [0.15, 0.2) is 28.3 Å². The molecule has 0 unspecified atom stereocenters. The van der Waals surface area contributed by atoms with Crippen LogP contribution in [0.15, 0.2) is 81.6 Å². The van der Waals surface area contributed by atoms with Crippen LogP contribution in [0.25, 0.3) is 23.0 Å². The fourth-order valence-electron chi connectivity index (χ4n) is 5.75. The molecule has 13 nitrogen and oxygen atoms in total. The molecule has 23 heteroatoms. The van der Waals surface area contributed by atoms with Crippen LogP contribution in [-0.4, -0.2) is 30.4 Å². The van der Waals surface area contributed by atoms with Crippen LogP contribution in [0.4, 0.5) is 14.5 Å². The molecule has 0 aliphatic carbocycles. The van der Waals surface area contributed by atoms with E-state index in [1.54, 1.807) is 12.1 Å². The first-order chi connectivity index (χ1) is 31.5. The van der Waals surface area contributed by atoms with Crippen molar-refractivity contribution in [1.82, 2.24) is 30.4 Å². The maximum absolute atomic E-state index is 15.3. The maximum atomic E-state index is 15.3. The highest BCUT2D eigenvalue weighted by atomic mass is 35.5. The Morgan fingerprint density at radius 3 is 1.61 bits per heavy atom. The van der Waals surface area contributed by atoms with Crippen LogP contribution in [0.2, 0.25) is 40.4 Å². The van der Waals surface area contributed by atoms with Gasteiger partial charge in [-0.1, -0.05) is 105 Å². The summed E-state index contributed by atoms with van der Waals surface area (Å²) in [7, 11) is 0. The standard InChI is InChI=1S/C22H12Cl3FN4O2.C21H9Cl5FN5O2/c1-11-2-4-16(21(25)28-11)22-30-29-18(32-22)8-13-3-5-17(24)20(19(13)26)31-15-7-12(10-27)6-14(23)9-15;22-10-3-8(7-28)4-11(6-10)33-19-12(23)2-1-9(16(19)27)5-13-31-32-21(34-13)18-14(24)17(29)15(25)20(26)30-18/h2-7,9H,8H2,1H3;1-4,6H,5H2,(H2,29,30). The molecular weight excluding hydrogens is 1030 g/mol. The van der Waals surface area contributed by atoms with Gasteiger partial charge in [-0.05, 0) is 67.6 Å². The summed E-state index contributed by atoms with van der Waals surface area (Å²) >= 11 is 48.4. The van der Waals surface area contributed by atoms with Crippen molar-refractivity contribution in [2.45, 2.75) is 19.8 Å². The van der Waals surface area contributed by atoms with Crippen molar-refractivity contribution in [3.8, 4) is 58.2 Å². The zero-order chi connectivity index (χ0) is 47.4. The van der Waals surface area contributed by atoms with Gasteiger partial charge in [0.05, 0.1) is 62.4 Å². The average molecular weight is 1050 g/mol. The van der Waals surface area contributed by atoms with Gasteiger partial charge in [-0.3, -0.25) is 0 Å². The normalized spacial score (nSPS) is 10.8. The summed E-state index contributed by atoms with van der Waals surface area (Å²) in [4.78, 5) is 8.17. The van der Waals surface area contributed by atoms with E-state index in [0.29, 0.717) is 5.56 Å². The molecule has 0 bridgehead atoms. The molecule has 4 aromatic carbocycles. The Morgan fingerprint density at radius 1 is 0.606 bits per heavy atom. The molecule has 4 aromatic heterocycles. The topological polar surface area (TPSA) is 196 Å². The average Bonchev–Trinajstić information content (AvgIpc) is 3.96. The van der Waals surface area contributed by atoms with E-state index in [1.807, 2.05) is 19.1 Å². The van der Waals surface area contributed by atoms with E-state index >= 15 is 8.78 Å². The van der Waals surface area contributed by atoms with E-state index in [0.717, 1.165) is 5.69 Å². The second kappa shape index (κ2) is 20.7. The number of pyridine rings is 2. The molecule has 0 amide bonds. The lowest BCUT2D eigenvalue weighted by atomic mass is 10.1. The number of ether oxygens (including phenoxy) is 2. The molecule has 0 aliphatic rings. The van der Waals surface area contributed by atoms with Crippen LogP contribution in [0.3, 0.4) is 0 Å². The van der Waals surface area contributed by atoms with Crippen molar-refractivity contribution in [3.05, 3.63) is 165 Å². The molecular formula is C43H21Cl8F2N9O4. The Bertz CT molecular complexity index is 3270. The third-order valence-electron chi connectivity index (χ3n) is 8.81. The number of benzene rings is 4. The van der Waals surface area contributed by atoms with Crippen molar-refractivity contribution in [1.29, 1.82) is 10.5 Å². The van der Waals surface area contributed by atoms with Gasteiger partial charge >= 0.3 is 0 Å². The van der Waals surface area contributed by atoms with Gasteiger partial charge in [-0.2, -0.15) is 10.5 Å². The predicted molar refractivity (Wildman–Crippen MR) is 245 cm³/mol.